The fourth-order valence-corrected chi connectivity index (χ4v) is 5.85. The number of nitrogens with zero attached hydrogens (tertiary/aromatic N) is 2. The maximum Gasteiger partial charge on any atom is 0.437 e. The third-order valence-corrected chi connectivity index (χ3v) is 9.23. The van der Waals surface area contributed by atoms with Gasteiger partial charge in [-0.25, -0.2) is 9.59 Å². The second kappa shape index (κ2) is 21.3. The van der Waals surface area contributed by atoms with Crippen LogP contribution in [0.25, 0.3) is 0 Å². The molecule has 18 heteroatoms. The number of methoxy groups -OCH3 is 6. The molecule has 0 atom stereocenters. The number of oxime groups is 2. The van der Waals surface area contributed by atoms with Crippen molar-refractivity contribution >= 4 is 58.2 Å². The quantitative estimate of drug-likeness (QED) is 0.0417. The molecule has 5 rings (SSSR count). The van der Waals surface area contributed by atoms with Gasteiger partial charge in [0.2, 0.25) is 11.5 Å². The number of nitrogens with one attached hydrogen (secondary N) is 4. The first-order valence-corrected chi connectivity index (χ1v) is 18.9. The minimum absolute atomic E-state index is 0.294. The lowest BCUT2D eigenvalue weighted by Crippen LogP contribution is -2.15. The van der Waals surface area contributed by atoms with Crippen LogP contribution in [0.4, 0.5) is 32.3 Å². The van der Waals surface area contributed by atoms with E-state index in [1.165, 1.54) is 48.7 Å². The molecule has 0 saturated carbocycles. The zero-order valence-electron chi connectivity index (χ0n) is 36.0. The Bertz CT molecular complexity index is 2490. The van der Waals surface area contributed by atoms with Crippen molar-refractivity contribution in [2.24, 2.45) is 10.3 Å². The molecule has 0 heterocycles. The van der Waals surface area contributed by atoms with Crippen LogP contribution in [0.15, 0.2) is 101 Å². The summed E-state index contributed by atoms with van der Waals surface area (Å²) in [5.41, 5.74) is 4.93. The lowest BCUT2D eigenvalue weighted by Gasteiger charge is -2.14. The molecule has 4 N–H and O–H groups in total. The van der Waals surface area contributed by atoms with Gasteiger partial charge in [0.05, 0.1) is 54.1 Å². The third-order valence-electron chi connectivity index (χ3n) is 9.23. The highest BCUT2D eigenvalue weighted by Crippen LogP contribution is 2.39. The second-order valence-corrected chi connectivity index (χ2v) is 13.3. The highest BCUT2D eigenvalue weighted by Gasteiger charge is 2.19. The van der Waals surface area contributed by atoms with Gasteiger partial charge in [0.15, 0.2) is 23.0 Å². The summed E-state index contributed by atoms with van der Waals surface area (Å²) in [7, 11) is 8.80. The molecule has 0 fully saturated rings. The van der Waals surface area contributed by atoms with E-state index in [9.17, 15) is 19.2 Å². The first kappa shape index (κ1) is 45.8. The van der Waals surface area contributed by atoms with Crippen LogP contribution in [0.3, 0.4) is 0 Å². The summed E-state index contributed by atoms with van der Waals surface area (Å²) in [6, 6.07) is 24.5. The van der Waals surface area contributed by atoms with Crippen LogP contribution in [-0.2, 0) is 9.68 Å². The Morgan fingerprint density at radius 1 is 0.429 bits per heavy atom. The lowest BCUT2D eigenvalue weighted by atomic mass is 10.1. The minimum atomic E-state index is -0.882. The van der Waals surface area contributed by atoms with Crippen molar-refractivity contribution in [3.63, 3.8) is 0 Å². The van der Waals surface area contributed by atoms with Crippen molar-refractivity contribution in [2.75, 3.05) is 63.9 Å². The standard InChI is InChI=1S/C45H46N6O12/c1-25-10-15-34(48-44(54)62-50-26(2)28-11-16-32(17-12-28)46-42(52)30-20-36(56-4)40(60-8)37(21-30)57-5)24-35(25)49-45(55)63-51-27(3)29-13-18-33(19-14-29)47-43(53)31-22-38(58-6)41(61-9)39(23-31)59-7/h10-24H,1-9H3,(H,46,52)(H,47,53)(H,48,54)(H,49,55)/b50-26+,51-27+. The van der Waals surface area contributed by atoms with Gasteiger partial charge in [0.25, 0.3) is 11.8 Å². The fraction of sp³-hybridized carbons (Fsp3) is 0.200. The second-order valence-electron chi connectivity index (χ2n) is 13.3. The van der Waals surface area contributed by atoms with Crippen LogP contribution in [-0.4, -0.2) is 78.1 Å². The van der Waals surface area contributed by atoms with Gasteiger partial charge in [-0.15, -0.1) is 0 Å². The van der Waals surface area contributed by atoms with E-state index in [2.05, 4.69) is 31.6 Å². The molecule has 5 aromatic rings. The SMILES string of the molecule is COc1cc(C(=O)Nc2ccc(/C(C)=N/OC(=O)Nc3ccc(C)c(NC(=O)O/N=C(\C)c4ccc(NC(=O)c5cc(OC)c(OC)c(OC)c5)cc4)c3)cc2)cc(OC)c1OC. The maximum atomic E-state index is 13.0. The molecule has 0 aliphatic rings. The first-order chi connectivity index (χ1) is 30.3. The Labute approximate surface area is 363 Å². The lowest BCUT2D eigenvalue weighted by molar-refractivity contribution is 0.101. The highest BCUT2D eigenvalue weighted by molar-refractivity contribution is 6.07. The number of carbonyl (C=O) groups excluding carboxylic acids is 4. The van der Waals surface area contributed by atoms with Gasteiger partial charge < -0.3 is 39.1 Å². The van der Waals surface area contributed by atoms with Crippen molar-refractivity contribution < 1.29 is 57.3 Å². The van der Waals surface area contributed by atoms with E-state index >= 15 is 0 Å². The Morgan fingerprint density at radius 2 is 0.794 bits per heavy atom. The van der Waals surface area contributed by atoms with Crippen molar-refractivity contribution in [1.82, 2.24) is 0 Å². The third kappa shape index (κ3) is 11.7. The molecule has 5 aromatic carbocycles. The van der Waals surface area contributed by atoms with Crippen molar-refractivity contribution in [3.8, 4) is 34.5 Å². The van der Waals surface area contributed by atoms with E-state index in [0.717, 1.165) is 0 Å². The van der Waals surface area contributed by atoms with E-state index in [-0.39, 0.29) is 0 Å². The normalized spacial score (nSPS) is 11.1. The molecule has 0 unspecified atom stereocenters. The van der Waals surface area contributed by atoms with E-state index < -0.39 is 24.0 Å². The van der Waals surface area contributed by atoms with Crippen LogP contribution in [0.1, 0.15) is 51.3 Å². The summed E-state index contributed by atoms with van der Waals surface area (Å²) in [5, 5.41) is 18.7. The Balaban J connectivity index is 1.12. The number of hydrogen-bond donors (Lipinski definition) is 4. The fourth-order valence-electron chi connectivity index (χ4n) is 5.85. The number of amides is 4. The van der Waals surface area contributed by atoms with Gasteiger partial charge in [0, 0.05) is 33.9 Å². The van der Waals surface area contributed by atoms with Gasteiger partial charge in [0.1, 0.15) is 0 Å². The smallest absolute Gasteiger partial charge is 0.437 e. The van der Waals surface area contributed by atoms with Gasteiger partial charge in [-0.3, -0.25) is 29.9 Å². The van der Waals surface area contributed by atoms with Crippen LogP contribution in [0, 0.1) is 6.92 Å². The number of hydrogen-bond acceptors (Lipinski definition) is 14. The molecular weight excluding hydrogens is 817 g/mol. The molecule has 0 aliphatic heterocycles. The molecule has 63 heavy (non-hydrogen) atoms. The predicted molar refractivity (Wildman–Crippen MR) is 237 cm³/mol. The van der Waals surface area contributed by atoms with E-state index in [1.807, 2.05) is 0 Å². The highest BCUT2D eigenvalue weighted by atomic mass is 16.7. The maximum absolute atomic E-state index is 13.0. The monoisotopic (exact) mass is 862 g/mol. The van der Waals surface area contributed by atoms with Gasteiger partial charge in [-0.05, 0) is 98.1 Å². The summed E-state index contributed by atoms with van der Waals surface area (Å²) < 4.78 is 32.0. The molecule has 0 aliphatic carbocycles. The van der Waals surface area contributed by atoms with Crippen LogP contribution >= 0.6 is 0 Å². The summed E-state index contributed by atoms with van der Waals surface area (Å²) in [5.74, 6) is 1.29. The topological polar surface area (TPSA) is 215 Å². The molecule has 18 nitrogen and oxygen atoms in total. The number of benzene rings is 5. The zero-order valence-corrected chi connectivity index (χ0v) is 36.0. The van der Waals surface area contributed by atoms with Gasteiger partial charge >= 0.3 is 12.2 Å². The minimum Gasteiger partial charge on any atom is -0.493 e. The first-order valence-electron chi connectivity index (χ1n) is 18.9. The van der Waals surface area contributed by atoms with Crippen molar-refractivity contribution in [3.05, 3.63) is 119 Å². The molecule has 0 radical (unpaired) electrons. The molecule has 0 aromatic heterocycles. The number of carbonyl (C=O) groups is 4. The number of aryl methyl sites for hydroxylation is 1. The summed E-state index contributed by atoms with van der Waals surface area (Å²) in [6.07, 6.45) is -1.76. The van der Waals surface area contributed by atoms with Crippen molar-refractivity contribution in [2.45, 2.75) is 20.8 Å². The molecule has 4 amide bonds. The molecule has 328 valence electrons. The summed E-state index contributed by atoms with van der Waals surface area (Å²) in [4.78, 5) is 61.5. The Morgan fingerprint density at radius 3 is 1.16 bits per heavy atom. The number of rotatable bonds is 16. The van der Waals surface area contributed by atoms with Crippen LogP contribution in [0.5, 0.6) is 34.5 Å². The average molecular weight is 863 g/mol. The molecule has 0 bridgehead atoms. The van der Waals surface area contributed by atoms with E-state index in [0.29, 0.717) is 96.5 Å². The Hall–Kier alpha value is -8.28. The molecular formula is C45H46N6O12. The average Bonchev–Trinajstić information content (AvgIpc) is 3.30. The summed E-state index contributed by atoms with van der Waals surface area (Å²) in [6.45, 7) is 5.06. The van der Waals surface area contributed by atoms with Gasteiger partial charge in [-0.1, -0.05) is 40.6 Å². The van der Waals surface area contributed by atoms with E-state index in [1.54, 1.807) is 106 Å². The number of ether oxygens (including phenoxy) is 6. The van der Waals surface area contributed by atoms with Crippen LogP contribution < -0.4 is 49.7 Å². The number of anilines is 4. The summed E-state index contributed by atoms with van der Waals surface area (Å²) >= 11 is 0. The largest absolute Gasteiger partial charge is 0.493 e. The molecule has 0 spiro atoms. The van der Waals surface area contributed by atoms with Crippen molar-refractivity contribution in [1.29, 1.82) is 0 Å². The zero-order chi connectivity index (χ0) is 45.6. The Kier molecular flexibility index (Phi) is 15.5. The van der Waals surface area contributed by atoms with Gasteiger partial charge in [-0.2, -0.15) is 0 Å². The predicted octanol–water partition coefficient (Wildman–Crippen LogP) is 8.50. The van der Waals surface area contributed by atoms with E-state index in [4.69, 9.17) is 38.1 Å². The van der Waals surface area contributed by atoms with Crippen LogP contribution in [0.2, 0.25) is 0 Å². The molecule has 0 saturated heterocycles.